The number of halogens is 2. The Hall–Kier alpha value is -0.840. The first kappa shape index (κ1) is 15.5. The van der Waals surface area contributed by atoms with Crippen molar-refractivity contribution in [2.24, 2.45) is 0 Å². The van der Waals surface area contributed by atoms with Gasteiger partial charge in [0.2, 0.25) is 5.78 Å². The maximum atomic E-state index is 12.2. The lowest BCUT2D eigenvalue weighted by molar-refractivity contribution is 0.0921. The minimum absolute atomic E-state index is 0.000788. The number of carbonyl (C=O) groups excluding carboxylic acids is 1. The highest BCUT2D eigenvalue weighted by molar-refractivity contribution is 9.10. The summed E-state index contributed by atoms with van der Waals surface area (Å²) in [7, 11) is 0. The molecule has 0 aliphatic carbocycles. The molecular weight excluding hydrogens is 360 g/mol. The molecule has 0 atom stereocenters. The molecule has 0 aliphatic heterocycles. The Bertz CT molecular complexity index is 641. The number of Topliss-reactive ketones (excluding diaryl/α,β-unsaturated/α-hetero) is 1. The van der Waals surface area contributed by atoms with Crippen molar-refractivity contribution in [1.82, 2.24) is 0 Å². The highest BCUT2D eigenvalue weighted by Gasteiger charge is 2.14. The van der Waals surface area contributed by atoms with E-state index in [9.17, 15) is 4.79 Å². The van der Waals surface area contributed by atoms with Gasteiger partial charge in [-0.3, -0.25) is 4.79 Å². The minimum atomic E-state index is -0.0229. The van der Waals surface area contributed by atoms with Crippen molar-refractivity contribution in [2.45, 2.75) is 20.8 Å². The van der Waals surface area contributed by atoms with Crippen molar-refractivity contribution >= 4 is 44.7 Å². The quantitative estimate of drug-likeness (QED) is 0.675. The Morgan fingerprint density at radius 2 is 2.00 bits per heavy atom. The fraction of sp³-hybridized carbons (Fsp3) is 0.267. The highest BCUT2D eigenvalue weighted by Crippen LogP contribution is 2.32. The third kappa shape index (κ3) is 3.43. The van der Waals surface area contributed by atoms with Gasteiger partial charge in [0.05, 0.1) is 5.02 Å². The summed E-state index contributed by atoms with van der Waals surface area (Å²) in [5.41, 5.74) is 1.63. The van der Waals surface area contributed by atoms with Crippen LogP contribution in [0.4, 0.5) is 0 Å². The molecule has 1 aromatic heterocycles. The highest BCUT2D eigenvalue weighted by atomic mass is 79.9. The van der Waals surface area contributed by atoms with Gasteiger partial charge in [-0.25, -0.2) is 0 Å². The Kier molecular flexibility index (Phi) is 4.89. The lowest BCUT2D eigenvalue weighted by atomic mass is 10.1. The molecule has 1 aromatic carbocycles. The van der Waals surface area contributed by atoms with Crippen molar-refractivity contribution in [1.29, 1.82) is 0 Å². The second-order valence-electron chi connectivity index (χ2n) is 4.57. The van der Waals surface area contributed by atoms with Crippen molar-refractivity contribution in [3.63, 3.8) is 0 Å². The van der Waals surface area contributed by atoms with Gasteiger partial charge in [-0.2, -0.15) is 0 Å². The summed E-state index contributed by atoms with van der Waals surface area (Å²) in [5.74, 6) is 0.540. The lowest BCUT2D eigenvalue weighted by Gasteiger charge is -2.11. The SMILES string of the molecule is Cc1cc(C(=O)COc2c(C)cc(Br)cc2Cl)c(C)s1. The first-order valence-corrected chi connectivity index (χ1v) is 8.06. The molecule has 0 unspecified atom stereocenters. The van der Waals surface area contributed by atoms with Crippen LogP contribution in [0.3, 0.4) is 0 Å². The normalized spacial score (nSPS) is 10.7. The summed E-state index contributed by atoms with van der Waals surface area (Å²) in [6, 6.07) is 5.57. The molecule has 2 aromatic rings. The van der Waals surface area contributed by atoms with E-state index >= 15 is 0 Å². The van der Waals surface area contributed by atoms with E-state index in [2.05, 4.69) is 15.9 Å². The van der Waals surface area contributed by atoms with Gasteiger partial charge in [0.15, 0.2) is 6.61 Å². The van der Waals surface area contributed by atoms with Gasteiger partial charge in [0.1, 0.15) is 5.75 Å². The monoisotopic (exact) mass is 372 g/mol. The van der Waals surface area contributed by atoms with E-state index in [0.717, 1.165) is 25.4 Å². The molecule has 20 heavy (non-hydrogen) atoms. The maximum absolute atomic E-state index is 12.2. The first-order chi connectivity index (χ1) is 9.38. The fourth-order valence-electron chi connectivity index (χ4n) is 1.99. The topological polar surface area (TPSA) is 26.3 Å². The second-order valence-corrected chi connectivity index (χ2v) is 7.36. The number of ketones is 1. The number of benzene rings is 1. The van der Waals surface area contributed by atoms with E-state index < -0.39 is 0 Å². The van der Waals surface area contributed by atoms with E-state index in [-0.39, 0.29) is 12.4 Å². The molecule has 0 saturated carbocycles. The number of hydrogen-bond acceptors (Lipinski definition) is 3. The average molecular weight is 374 g/mol. The van der Waals surface area contributed by atoms with E-state index in [1.165, 1.54) is 0 Å². The summed E-state index contributed by atoms with van der Waals surface area (Å²) in [5, 5.41) is 0.503. The van der Waals surface area contributed by atoms with Crippen LogP contribution in [-0.2, 0) is 0 Å². The molecule has 0 radical (unpaired) electrons. The Morgan fingerprint density at radius 1 is 1.30 bits per heavy atom. The van der Waals surface area contributed by atoms with Gasteiger partial charge in [-0.05, 0) is 44.5 Å². The summed E-state index contributed by atoms with van der Waals surface area (Å²) in [6.07, 6.45) is 0. The van der Waals surface area contributed by atoms with Crippen LogP contribution in [0, 0.1) is 20.8 Å². The van der Waals surface area contributed by atoms with Gasteiger partial charge in [0, 0.05) is 19.8 Å². The molecule has 0 N–H and O–H groups in total. The molecule has 0 spiro atoms. The molecule has 0 amide bonds. The summed E-state index contributed by atoms with van der Waals surface area (Å²) in [6.45, 7) is 5.84. The predicted octanol–water partition coefficient (Wildman–Crippen LogP) is 5.35. The molecule has 1 heterocycles. The standard InChI is InChI=1S/C15H14BrClO2S/c1-8-4-11(16)6-13(17)15(8)19-7-14(18)12-5-9(2)20-10(12)3/h4-6H,7H2,1-3H3. The molecule has 106 valence electrons. The molecule has 2 rings (SSSR count). The largest absolute Gasteiger partial charge is 0.484 e. The Balaban J connectivity index is 2.13. The van der Waals surface area contributed by atoms with Crippen molar-refractivity contribution in [2.75, 3.05) is 6.61 Å². The van der Waals surface area contributed by atoms with E-state index in [1.54, 1.807) is 17.4 Å². The summed E-state index contributed by atoms with van der Waals surface area (Å²) < 4.78 is 6.50. The van der Waals surface area contributed by atoms with Gasteiger partial charge in [-0.1, -0.05) is 27.5 Å². The summed E-state index contributed by atoms with van der Waals surface area (Å²) in [4.78, 5) is 14.3. The second kappa shape index (κ2) is 6.29. The smallest absolute Gasteiger partial charge is 0.201 e. The van der Waals surface area contributed by atoms with Gasteiger partial charge < -0.3 is 4.74 Å². The number of rotatable bonds is 4. The van der Waals surface area contributed by atoms with Crippen LogP contribution in [0.1, 0.15) is 25.7 Å². The van der Waals surface area contributed by atoms with Crippen molar-refractivity contribution < 1.29 is 9.53 Å². The average Bonchev–Trinajstić information content (AvgIpc) is 2.66. The third-order valence-electron chi connectivity index (χ3n) is 2.88. The zero-order valence-corrected chi connectivity index (χ0v) is 14.6. The number of ether oxygens (including phenoxy) is 1. The first-order valence-electron chi connectivity index (χ1n) is 6.07. The van der Waals surface area contributed by atoms with Crippen LogP contribution in [0.5, 0.6) is 5.75 Å². The number of hydrogen-bond donors (Lipinski definition) is 0. The molecule has 0 bridgehead atoms. The summed E-state index contributed by atoms with van der Waals surface area (Å²) >= 11 is 11.1. The fourth-order valence-corrected chi connectivity index (χ4v) is 3.96. The van der Waals surface area contributed by atoms with Gasteiger partial charge in [-0.15, -0.1) is 11.3 Å². The predicted molar refractivity (Wildman–Crippen MR) is 87.5 cm³/mol. The van der Waals surface area contributed by atoms with Gasteiger partial charge >= 0.3 is 0 Å². The molecule has 5 heteroatoms. The van der Waals surface area contributed by atoms with Crippen molar-refractivity contribution in [3.05, 3.63) is 48.6 Å². The zero-order valence-electron chi connectivity index (χ0n) is 11.4. The minimum Gasteiger partial charge on any atom is -0.484 e. The lowest BCUT2D eigenvalue weighted by Crippen LogP contribution is -2.12. The van der Waals surface area contributed by atoms with Crippen molar-refractivity contribution in [3.8, 4) is 5.75 Å². The Morgan fingerprint density at radius 3 is 2.55 bits per heavy atom. The van der Waals surface area contributed by atoms with Crippen LogP contribution in [0.15, 0.2) is 22.7 Å². The zero-order chi connectivity index (χ0) is 14.9. The van der Waals surface area contributed by atoms with Crippen LogP contribution >= 0.6 is 38.9 Å². The number of thiophene rings is 1. The number of aryl methyl sites for hydroxylation is 3. The number of carbonyl (C=O) groups is 1. The van der Waals surface area contributed by atoms with E-state index in [1.807, 2.05) is 32.9 Å². The maximum Gasteiger partial charge on any atom is 0.201 e. The Labute approximate surface area is 135 Å². The van der Waals surface area contributed by atoms with Crippen LogP contribution < -0.4 is 4.74 Å². The van der Waals surface area contributed by atoms with E-state index in [0.29, 0.717) is 10.8 Å². The molecule has 2 nitrogen and oxygen atoms in total. The van der Waals surface area contributed by atoms with Crippen LogP contribution in [0.2, 0.25) is 5.02 Å². The van der Waals surface area contributed by atoms with Gasteiger partial charge in [0.25, 0.3) is 0 Å². The molecular formula is C15H14BrClO2S. The molecule has 0 fully saturated rings. The van der Waals surface area contributed by atoms with Crippen LogP contribution in [-0.4, -0.2) is 12.4 Å². The molecule has 0 saturated heterocycles. The molecule has 0 aliphatic rings. The van der Waals surface area contributed by atoms with E-state index in [4.69, 9.17) is 16.3 Å². The third-order valence-corrected chi connectivity index (χ3v) is 4.59. The van der Waals surface area contributed by atoms with Crippen LogP contribution in [0.25, 0.3) is 0 Å².